The van der Waals surface area contributed by atoms with Crippen molar-refractivity contribution in [1.29, 1.82) is 0 Å². The molecule has 0 rings (SSSR count). The molecular formula is H20K8O112S28. The molecule has 112 nitrogen and oxygen atoms in total. The van der Waals surface area contributed by atoms with Crippen LogP contribution in [0.2, 0.25) is 0 Å². The van der Waals surface area contributed by atoms with Gasteiger partial charge in [-0.3, -0.25) is 91.1 Å². The van der Waals surface area contributed by atoms with Gasteiger partial charge in [0.05, 0.1) is 0 Å². The van der Waals surface area contributed by atoms with E-state index in [1.807, 2.05) is 0 Å². The Morgan fingerprint density at radius 2 is 0.108 bits per heavy atom. The molecule has 0 aromatic carbocycles. The van der Waals surface area contributed by atoms with E-state index in [0.717, 1.165) is 0 Å². The Morgan fingerprint density at radius 1 is 0.0811 bits per heavy atom. The molecule has 148 heteroatoms. The van der Waals surface area contributed by atoms with Crippen LogP contribution in [-0.2, 0) is 413 Å². The van der Waals surface area contributed by atoms with Crippen LogP contribution in [0.15, 0.2) is 0 Å². The monoisotopic (exact) mass is 3020 g/mol. The summed E-state index contributed by atoms with van der Waals surface area (Å²) < 4.78 is 835. The maximum Gasteiger partial charge on any atom is 1.00 e. The van der Waals surface area contributed by atoms with Gasteiger partial charge in [0, 0.05) is 0 Å². The SMILES string of the molecule is O=S(=O)(O)OOS(=O)(=O)O.O=S(=O)(O)OOS(=O)(=O)O.O=S(=O)(O)OOS(=O)(=O)O.O=S(=O)(O)OOS(=O)(=O)O.O=S(=O)(O)OOS(=O)(=O)O.O=S(=O)(O)OOS(=O)(=O)O.O=S(=O)(O)OOS(=O)(=O)O.O=S(=O)(O)OOS(=O)(=O)O.O=S(=O)(O)OOS(=O)(=O)O.O=S(=O)(O)OOS(=O)(=O)O.O=S(=O)([O-])OOS(=O)(=O)[O-].O=S(=O)([O-])OOS(=O)(=O)[O-].O=S(=O)([O-])OOS(=O)(=O)[O-].O=S(=O)([O-])OOS(=O)(=O)[O-].[K+].[K+].[K+].[K+].[K+].[K+].[K+].[K+]. The van der Waals surface area contributed by atoms with Gasteiger partial charge in [-0.1, -0.05) is 86.7 Å². The van der Waals surface area contributed by atoms with Gasteiger partial charge in [-0.05, 0) is 0 Å². The van der Waals surface area contributed by atoms with Crippen molar-refractivity contribution in [2.24, 2.45) is 0 Å². The van der Waals surface area contributed by atoms with Crippen molar-refractivity contribution in [1.82, 2.24) is 0 Å². The van der Waals surface area contributed by atoms with E-state index in [2.05, 4.69) is 121 Å². The normalized spacial score (nSPS) is 12.7. The summed E-state index contributed by atoms with van der Waals surface area (Å²) in [6.45, 7) is 0. The molecular weight excluding hydrogens is 3000 g/mol. The van der Waals surface area contributed by atoms with Gasteiger partial charge < -0.3 is 36.4 Å². The van der Waals surface area contributed by atoms with E-state index in [-0.39, 0.29) is 411 Å². The number of hydrogen-bond acceptors (Lipinski definition) is 92. The van der Waals surface area contributed by atoms with Gasteiger partial charge in [-0.25, -0.2) is 67.3 Å². The first kappa shape index (κ1) is 210. The predicted octanol–water partition coefficient (Wildman–Crippen LogP) is -47.1. The van der Waals surface area contributed by atoms with E-state index < -0.39 is 291 Å². The largest absolute Gasteiger partial charge is 1.00 e. The van der Waals surface area contributed by atoms with E-state index in [4.69, 9.17) is 91.1 Å². The molecule has 868 valence electrons. The Kier molecular flexibility index (Phi) is 127. The van der Waals surface area contributed by atoms with E-state index in [1.165, 1.54) is 0 Å². The number of hydrogen-bond donors (Lipinski definition) is 20. The van der Waals surface area contributed by atoms with Gasteiger partial charge in [-0.2, -0.15) is 168 Å². The first-order chi connectivity index (χ1) is 58.9. The van der Waals surface area contributed by atoms with Crippen molar-refractivity contribution in [2.75, 3.05) is 0 Å². The molecule has 0 spiro atoms. The third-order valence-electron chi connectivity index (χ3n) is 2.78. The fraction of sp³-hybridized carbons (Fsp3) is 0. The summed E-state index contributed by atoms with van der Waals surface area (Å²) in [7, 11) is -143. The van der Waals surface area contributed by atoms with Gasteiger partial charge in [0.1, 0.15) is 0 Å². The predicted molar refractivity (Wildman–Crippen MR) is 339 cm³/mol. The molecule has 0 saturated heterocycles. The van der Waals surface area contributed by atoms with Crippen molar-refractivity contribution in [3.05, 3.63) is 0 Å². The van der Waals surface area contributed by atoms with Gasteiger partial charge in [-0.15, -0.1) is 34.7 Å². The summed E-state index contributed by atoms with van der Waals surface area (Å²) >= 11 is 0. The fourth-order valence-electron chi connectivity index (χ4n) is 0.974. The number of rotatable bonds is 42. The van der Waals surface area contributed by atoms with Crippen molar-refractivity contribution in [2.45, 2.75) is 0 Å². The van der Waals surface area contributed by atoms with Crippen LogP contribution in [-0.4, -0.2) is 363 Å². The van der Waals surface area contributed by atoms with Crippen LogP contribution in [0.4, 0.5) is 0 Å². The first-order valence-corrected chi connectivity index (χ1v) is 59.3. The third kappa shape index (κ3) is 321. The smallest absolute Gasteiger partial charge is 0.724 e. The van der Waals surface area contributed by atoms with E-state index in [1.54, 1.807) is 0 Å². The van der Waals surface area contributed by atoms with Gasteiger partial charge in [0.15, 0.2) is 0 Å². The summed E-state index contributed by atoms with van der Waals surface area (Å²) in [5.41, 5.74) is 0. The van der Waals surface area contributed by atoms with Crippen molar-refractivity contribution in [3.8, 4) is 0 Å². The van der Waals surface area contributed by atoms with Crippen molar-refractivity contribution >= 4 is 291 Å². The fourth-order valence-corrected chi connectivity index (χ4v) is 8.77. The Morgan fingerprint density at radius 3 is 0.122 bits per heavy atom. The Balaban J connectivity index is -0.0000000575. The van der Waals surface area contributed by atoms with Crippen LogP contribution in [0, 0.1) is 0 Å². The van der Waals surface area contributed by atoms with Gasteiger partial charge in [0.2, 0.25) is 83.2 Å². The van der Waals surface area contributed by atoms with Crippen LogP contribution < -0.4 is 411 Å². The van der Waals surface area contributed by atoms with Crippen LogP contribution in [0.5, 0.6) is 0 Å². The third-order valence-corrected chi connectivity index (χ3v) is 10.7. The maximum atomic E-state index is 9.51. The molecule has 0 aliphatic carbocycles. The molecule has 0 heterocycles. The average Bonchev–Trinajstić information content (AvgIpc) is 1.01. The molecule has 20 N–H and O–H groups in total. The van der Waals surface area contributed by atoms with Crippen LogP contribution in [0.1, 0.15) is 0 Å². The topological polar surface area (TPSA) is 1800 Å². The van der Waals surface area contributed by atoms with E-state index >= 15 is 0 Å². The molecule has 0 saturated carbocycles. The molecule has 148 heavy (non-hydrogen) atoms. The zero-order valence-electron chi connectivity index (χ0n) is 65.9. The minimum absolute atomic E-state index is 0. The molecule has 0 aliphatic heterocycles. The summed E-state index contributed by atoms with van der Waals surface area (Å²) in [5.74, 6) is 0. The second-order valence-electron chi connectivity index (χ2n) is 13.7. The minimum Gasteiger partial charge on any atom is -0.724 e. The van der Waals surface area contributed by atoms with Gasteiger partial charge >= 0.3 is 619 Å². The molecule has 0 aromatic heterocycles. The minimum atomic E-state index is -5.31. The molecule has 0 aliphatic rings. The van der Waals surface area contributed by atoms with Crippen LogP contribution >= 0.6 is 0 Å². The molecule has 0 bridgehead atoms. The maximum absolute atomic E-state index is 9.51. The molecule has 0 radical (unpaired) electrons. The molecule has 0 aromatic rings. The summed E-state index contributed by atoms with van der Waals surface area (Å²) in [5, 5.41) is 0. The molecule has 0 atom stereocenters. The zero-order valence-corrected chi connectivity index (χ0v) is 114. The quantitative estimate of drug-likeness (QED) is 0.00887. The molecule has 0 amide bonds. The standard InChI is InChI=1S/8K.14H2O8S2/c;;;;;;;;14*1-9(2,3)7-8-10(4,5)6/h;;;;;;;;14*(H,1,2,3)(H,4,5,6)/q8*+1;;;;;;;;;;;;;;/p-8. The second kappa shape index (κ2) is 89.6. The van der Waals surface area contributed by atoms with E-state index in [9.17, 15) is 272 Å². The average molecular weight is 3020 g/mol. The second-order valence-corrected chi connectivity index (χ2v) is 41.2. The Labute approximate surface area is 1160 Å². The Hall–Kier alpha value is 9.45. The summed E-state index contributed by atoms with van der Waals surface area (Å²) in [4.78, 5) is 0. The summed E-state index contributed by atoms with van der Waals surface area (Å²) in [6.07, 6.45) is 0. The van der Waals surface area contributed by atoms with Crippen LogP contribution in [0.3, 0.4) is 0 Å². The van der Waals surface area contributed by atoms with E-state index in [0.29, 0.717) is 0 Å². The first-order valence-electron chi connectivity index (χ1n) is 21.3. The zero-order chi connectivity index (χ0) is 118. The summed E-state index contributed by atoms with van der Waals surface area (Å²) in [6, 6.07) is 0. The Bertz CT molecular complexity index is 5160. The van der Waals surface area contributed by atoms with Crippen LogP contribution in [0.25, 0.3) is 0 Å². The van der Waals surface area contributed by atoms with Crippen molar-refractivity contribution < 1.29 is 896 Å². The van der Waals surface area contributed by atoms with Gasteiger partial charge in [0.25, 0.3) is 0 Å². The molecule has 0 unspecified atom stereocenters. The van der Waals surface area contributed by atoms with Crippen molar-refractivity contribution in [3.63, 3.8) is 0 Å². The molecule has 0 fully saturated rings.